The fourth-order valence-electron chi connectivity index (χ4n) is 6.31. The Balaban J connectivity index is 1.30. The molecule has 3 atom stereocenters. The predicted molar refractivity (Wildman–Crippen MR) is 148 cm³/mol. The van der Waals surface area contributed by atoms with Crippen molar-refractivity contribution in [2.45, 2.75) is 102 Å². The van der Waals surface area contributed by atoms with Crippen molar-refractivity contribution in [3.05, 3.63) is 12.3 Å². The molecule has 3 fully saturated rings. The van der Waals surface area contributed by atoms with Gasteiger partial charge in [-0.2, -0.15) is 4.98 Å². The van der Waals surface area contributed by atoms with Crippen LogP contribution in [0.1, 0.15) is 83.5 Å². The maximum Gasteiger partial charge on any atom is 0.224 e. The van der Waals surface area contributed by atoms with Gasteiger partial charge in [0, 0.05) is 50.4 Å². The smallest absolute Gasteiger partial charge is 0.224 e. The van der Waals surface area contributed by atoms with Gasteiger partial charge < -0.3 is 20.4 Å². The third kappa shape index (κ3) is 8.30. The Hall–Kier alpha value is -1.93. The number of nitrogens with one attached hydrogen (secondary N) is 2. The Labute approximate surface area is 218 Å². The summed E-state index contributed by atoms with van der Waals surface area (Å²) in [5.74, 6) is 2.05. The first kappa shape index (κ1) is 27.1. The molecule has 2 N–H and O–H groups in total. The molecule has 202 valence electrons. The van der Waals surface area contributed by atoms with Gasteiger partial charge in [0.05, 0.1) is 0 Å². The molecule has 2 aliphatic heterocycles. The zero-order valence-electron chi connectivity index (χ0n) is 22.8. The molecule has 1 aliphatic carbocycles. The number of nitrogens with zero attached hydrogens (tertiary/aromatic N) is 5. The Kier molecular flexibility index (Phi) is 10.6. The van der Waals surface area contributed by atoms with Crippen LogP contribution in [0, 0.1) is 0 Å². The standard InChI is InChI=1S/C28H49N7O/c1-33(2)17-10-15-29-27(36)22-25-12-5-8-20-35(25)24-13-9-11-23(21-24)31-28-30-16-14-26(32-28)34-18-6-3-4-7-19-34/h14,16,23-25H,3-13,15,17-22H2,1-2H3,(H,29,36)(H,30,31,32). The molecule has 1 saturated carbocycles. The van der Waals surface area contributed by atoms with Crippen molar-refractivity contribution in [1.29, 1.82) is 0 Å². The van der Waals surface area contributed by atoms with E-state index in [2.05, 4.69) is 50.5 Å². The zero-order valence-corrected chi connectivity index (χ0v) is 22.8. The second-order valence-electron chi connectivity index (χ2n) is 11.4. The summed E-state index contributed by atoms with van der Waals surface area (Å²) in [4.78, 5) is 29.4. The minimum Gasteiger partial charge on any atom is -0.356 e. The highest BCUT2D eigenvalue weighted by Gasteiger charge is 2.33. The molecule has 0 radical (unpaired) electrons. The number of likely N-dealkylation sites (tertiary alicyclic amines) is 1. The van der Waals surface area contributed by atoms with Gasteiger partial charge in [-0.1, -0.05) is 19.3 Å². The summed E-state index contributed by atoms with van der Waals surface area (Å²) in [7, 11) is 4.15. The lowest BCUT2D eigenvalue weighted by atomic mass is 9.86. The third-order valence-corrected chi connectivity index (χ3v) is 8.22. The number of hydrogen-bond donors (Lipinski definition) is 2. The van der Waals surface area contributed by atoms with Crippen LogP contribution in [-0.4, -0.2) is 90.6 Å². The molecule has 3 aliphatic rings. The SMILES string of the molecule is CN(C)CCCNC(=O)CC1CCCCN1C1CCCC(Nc2nccc(N3CCCCCC3)n2)C1. The summed E-state index contributed by atoms with van der Waals surface area (Å²) in [5.41, 5.74) is 0. The first-order chi connectivity index (χ1) is 17.6. The van der Waals surface area contributed by atoms with E-state index in [4.69, 9.17) is 4.98 Å². The number of anilines is 2. The number of amides is 1. The zero-order chi connectivity index (χ0) is 25.2. The van der Waals surface area contributed by atoms with Crippen LogP contribution in [-0.2, 0) is 4.79 Å². The number of hydrogen-bond acceptors (Lipinski definition) is 7. The monoisotopic (exact) mass is 499 g/mol. The highest BCUT2D eigenvalue weighted by molar-refractivity contribution is 5.76. The van der Waals surface area contributed by atoms with Gasteiger partial charge in [-0.3, -0.25) is 9.69 Å². The molecule has 3 unspecified atom stereocenters. The van der Waals surface area contributed by atoms with Crippen LogP contribution in [0.15, 0.2) is 12.3 Å². The number of piperidine rings is 1. The van der Waals surface area contributed by atoms with E-state index in [-0.39, 0.29) is 5.91 Å². The second-order valence-corrected chi connectivity index (χ2v) is 11.4. The second kappa shape index (κ2) is 14.1. The Morgan fingerprint density at radius 2 is 1.83 bits per heavy atom. The Morgan fingerprint density at radius 3 is 2.64 bits per heavy atom. The van der Waals surface area contributed by atoms with E-state index in [0.29, 0.717) is 24.5 Å². The van der Waals surface area contributed by atoms with Gasteiger partial charge in [0.1, 0.15) is 5.82 Å². The quantitative estimate of drug-likeness (QED) is 0.473. The van der Waals surface area contributed by atoms with Gasteiger partial charge >= 0.3 is 0 Å². The maximum absolute atomic E-state index is 12.7. The molecule has 1 aromatic heterocycles. The molecule has 0 aromatic carbocycles. The first-order valence-corrected chi connectivity index (χ1v) is 14.6. The van der Waals surface area contributed by atoms with Crippen LogP contribution < -0.4 is 15.5 Å². The van der Waals surface area contributed by atoms with E-state index < -0.39 is 0 Å². The lowest BCUT2D eigenvalue weighted by Gasteiger charge is -2.44. The van der Waals surface area contributed by atoms with Crippen molar-refractivity contribution < 1.29 is 4.79 Å². The van der Waals surface area contributed by atoms with Crippen molar-refractivity contribution in [3.63, 3.8) is 0 Å². The molecular weight excluding hydrogens is 450 g/mol. The van der Waals surface area contributed by atoms with Gasteiger partial charge in [-0.25, -0.2) is 4.98 Å². The lowest BCUT2D eigenvalue weighted by molar-refractivity contribution is -0.123. The average molecular weight is 500 g/mol. The van der Waals surface area contributed by atoms with Crippen LogP contribution in [0.5, 0.6) is 0 Å². The van der Waals surface area contributed by atoms with Gasteiger partial charge in [0.2, 0.25) is 11.9 Å². The third-order valence-electron chi connectivity index (χ3n) is 8.22. The number of aromatic nitrogens is 2. The normalized spacial score (nSPS) is 26.0. The van der Waals surface area contributed by atoms with Crippen LogP contribution in [0.2, 0.25) is 0 Å². The minimum atomic E-state index is 0.217. The Bertz CT molecular complexity index is 796. The summed E-state index contributed by atoms with van der Waals surface area (Å²) < 4.78 is 0. The highest BCUT2D eigenvalue weighted by Crippen LogP contribution is 2.31. The molecule has 0 bridgehead atoms. The molecule has 2 saturated heterocycles. The van der Waals surface area contributed by atoms with E-state index in [0.717, 1.165) is 63.8 Å². The van der Waals surface area contributed by atoms with Crippen molar-refractivity contribution in [3.8, 4) is 0 Å². The largest absolute Gasteiger partial charge is 0.356 e. The topological polar surface area (TPSA) is 76.6 Å². The summed E-state index contributed by atoms with van der Waals surface area (Å²) in [6.07, 6.45) is 17.0. The highest BCUT2D eigenvalue weighted by atomic mass is 16.1. The molecule has 8 nitrogen and oxygen atoms in total. The summed E-state index contributed by atoms with van der Waals surface area (Å²) >= 11 is 0. The van der Waals surface area contributed by atoms with Gasteiger partial charge in [0.25, 0.3) is 0 Å². The summed E-state index contributed by atoms with van der Waals surface area (Å²) in [6.45, 7) is 5.10. The van der Waals surface area contributed by atoms with E-state index in [1.165, 1.54) is 57.8 Å². The molecular formula is C28H49N7O. The lowest BCUT2D eigenvalue weighted by Crippen LogP contribution is -2.51. The van der Waals surface area contributed by atoms with Gasteiger partial charge in [0.15, 0.2) is 0 Å². The van der Waals surface area contributed by atoms with Crippen LogP contribution in [0.3, 0.4) is 0 Å². The fourth-order valence-corrected chi connectivity index (χ4v) is 6.31. The molecule has 36 heavy (non-hydrogen) atoms. The molecule has 8 heteroatoms. The van der Waals surface area contributed by atoms with Gasteiger partial charge in [-0.05, 0) is 91.0 Å². The molecule has 1 amide bonds. The average Bonchev–Trinajstić information content (AvgIpc) is 3.17. The maximum atomic E-state index is 12.7. The van der Waals surface area contributed by atoms with Crippen LogP contribution in [0.25, 0.3) is 0 Å². The summed E-state index contributed by atoms with van der Waals surface area (Å²) in [6, 6.07) is 3.37. The fraction of sp³-hybridized carbons (Fsp3) is 0.821. The van der Waals surface area contributed by atoms with Crippen molar-refractivity contribution in [2.24, 2.45) is 0 Å². The van der Waals surface area contributed by atoms with E-state index in [1.54, 1.807) is 0 Å². The van der Waals surface area contributed by atoms with E-state index >= 15 is 0 Å². The first-order valence-electron chi connectivity index (χ1n) is 14.6. The predicted octanol–water partition coefficient (Wildman–Crippen LogP) is 3.89. The number of carbonyl (C=O) groups is 1. The summed E-state index contributed by atoms with van der Waals surface area (Å²) in [5, 5.41) is 6.85. The number of carbonyl (C=O) groups excluding carboxylic acids is 1. The van der Waals surface area contributed by atoms with E-state index in [9.17, 15) is 4.79 Å². The van der Waals surface area contributed by atoms with Crippen LogP contribution >= 0.6 is 0 Å². The van der Waals surface area contributed by atoms with Crippen LogP contribution in [0.4, 0.5) is 11.8 Å². The van der Waals surface area contributed by atoms with Crippen molar-refractivity contribution in [1.82, 2.24) is 25.1 Å². The minimum absolute atomic E-state index is 0.217. The van der Waals surface area contributed by atoms with Crippen molar-refractivity contribution >= 4 is 17.7 Å². The Morgan fingerprint density at radius 1 is 1.03 bits per heavy atom. The van der Waals surface area contributed by atoms with Crippen molar-refractivity contribution in [2.75, 3.05) is 57.0 Å². The van der Waals surface area contributed by atoms with Gasteiger partial charge in [-0.15, -0.1) is 0 Å². The molecule has 4 rings (SSSR count). The van der Waals surface area contributed by atoms with E-state index in [1.807, 2.05) is 6.20 Å². The molecule has 3 heterocycles. The molecule has 0 spiro atoms. The molecule has 1 aromatic rings. The number of rotatable bonds is 10.